The van der Waals surface area contributed by atoms with E-state index in [4.69, 9.17) is 0 Å². The average Bonchev–Trinajstić information content (AvgIpc) is 3.38. The van der Waals surface area contributed by atoms with Gasteiger partial charge in [0, 0.05) is 26.2 Å². The highest BCUT2D eigenvalue weighted by molar-refractivity contribution is 7.89. The fraction of sp³-hybridized carbons (Fsp3) is 0.294. The highest BCUT2D eigenvalue weighted by atomic mass is 32.2. The van der Waals surface area contributed by atoms with Crippen LogP contribution in [0.5, 0.6) is 0 Å². The summed E-state index contributed by atoms with van der Waals surface area (Å²) in [6.45, 7) is -0.639. The Kier molecular flexibility index (Phi) is 5.68. The molecule has 1 aliphatic heterocycles. The molecule has 31 heavy (non-hydrogen) atoms. The predicted molar refractivity (Wildman–Crippen MR) is 105 cm³/mol. The van der Waals surface area contributed by atoms with Crippen molar-refractivity contribution in [1.82, 2.24) is 29.0 Å². The highest BCUT2D eigenvalue weighted by Crippen LogP contribution is 2.23. The Morgan fingerprint density at radius 3 is 2.32 bits per heavy atom. The van der Waals surface area contributed by atoms with Gasteiger partial charge in [0.1, 0.15) is 23.2 Å². The normalized spacial score (nSPS) is 15.4. The summed E-state index contributed by atoms with van der Waals surface area (Å²) in [4.78, 5) is 25.3. The maximum Gasteiger partial charge on any atom is 0.369 e. The van der Waals surface area contributed by atoms with Gasteiger partial charge in [-0.3, -0.25) is 4.79 Å². The van der Waals surface area contributed by atoms with Crippen LogP contribution < -0.4 is 5.69 Å². The molecule has 1 saturated heterocycles. The van der Waals surface area contributed by atoms with Crippen LogP contribution in [0.1, 0.15) is 0 Å². The fourth-order valence-electron chi connectivity index (χ4n) is 3.17. The summed E-state index contributed by atoms with van der Waals surface area (Å²) < 4.78 is 56.1. The zero-order valence-corrected chi connectivity index (χ0v) is 17.5. The van der Waals surface area contributed by atoms with Gasteiger partial charge in [-0.25, -0.2) is 22.0 Å². The number of thiophene rings is 1. The van der Waals surface area contributed by atoms with E-state index in [9.17, 15) is 26.8 Å². The minimum Gasteiger partial charge on any atom is -0.338 e. The first-order valence-corrected chi connectivity index (χ1v) is 11.4. The summed E-state index contributed by atoms with van der Waals surface area (Å²) in [5.74, 6) is -2.80. The summed E-state index contributed by atoms with van der Waals surface area (Å²) in [5.41, 5.74) is -0.577. The zero-order chi connectivity index (χ0) is 22.2. The third-order valence-electron chi connectivity index (χ3n) is 4.75. The Morgan fingerprint density at radius 1 is 1.03 bits per heavy atom. The second-order valence-corrected chi connectivity index (χ2v) is 9.42. The van der Waals surface area contributed by atoms with Crippen molar-refractivity contribution in [1.29, 1.82) is 0 Å². The summed E-state index contributed by atoms with van der Waals surface area (Å²) in [5, 5.41) is 9.78. The molecule has 3 aromatic rings. The number of hydrogen-bond donors (Lipinski definition) is 0. The van der Waals surface area contributed by atoms with Crippen LogP contribution in [-0.4, -0.2) is 69.5 Å². The quantitative estimate of drug-likeness (QED) is 0.531. The van der Waals surface area contributed by atoms with E-state index in [1.54, 1.807) is 17.5 Å². The Balaban J connectivity index is 1.42. The number of piperazine rings is 1. The highest BCUT2D eigenvalue weighted by Gasteiger charge is 2.34. The van der Waals surface area contributed by atoms with Crippen LogP contribution in [0.15, 0.2) is 45.4 Å². The summed E-state index contributed by atoms with van der Waals surface area (Å²) >= 11 is 1.29. The van der Waals surface area contributed by atoms with Crippen molar-refractivity contribution in [2.24, 2.45) is 0 Å². The molecule has 2 aromatic heterocycles. The van der Waals surface area contributed by atoms with E-state index in [1.807, 2.05) is 0 Å². The lowest BCUT2D eigenvalue weighted by molar-refractivity contribution is -0.133. The topological polar surface area (TPSA) is 110 Å². The molecule has 1 aromatic carbocycles. The molecule has 0 unspecified atom stereocenters. The van der Waals surface area contributed by atoms with Gasteiger partial charge in [0.25, 0.3) is 0 Å². The minimum atomic E-state index is -4.39. The Bertz CT molecular complexity index is 1240. The Labute approximate surface area is 178 Å². The van der Waals surface area contributed by atoms with Gasteiger partial charge < -0.3 is 4.90 Å². The number of benzene rings is 1. The number of amides is 1. The van der Waals surface area contributed by atoms with Crippen LogP contribution >= 0.6 is 11.3 Å². The first kappa shape index (κ1) is 21.3. The van der Waals surface area contributed by atoms with Gasteiger partial charge >= 0.3 is 5.69 Å². The Hall–Kier alpha value is -2.97. The maximum absolute atomic E-state index is 13.9. The molecule has 3 heterocycles. The van der Waals surface area contributed by atoms with Crippen molar-refractivity contribution in [3.05, 3.63) is 57.8 Å². The molecule has 0 radical (unpaired) electrons. The molecule has 0 N–H and O–H groups in total. The van der Waals surface area contributed by atoms with E-state index in [-0.39, 0.29) is 32.7 Å². The molecule has 0 bridgehead atoms. The molecule has 0 atom stereocenters. The summed E-state index contributed by atoms with van der Waals surface area (Å²) in [7, 11) is -4.39. The van der Waals surface area contributed by atoms with Crippen molar-refractivity contribution in [2.45, 2.75) is 11.4 Å². The molecule has 0 saturated carbocycles. The molecule has 164 valence electrons. The van der Waals surface area contributed by atoms with Gasteiger partial charge in [0.2, 0.25) is 15.9 Å². The molecule has 0 spiro atoms. The average molecular weight is 470 g/mol. The molecule has 0 aliphatic carbocycles. The van der Waals surface area contributed by atoms with Crippen molar-refractivity contribution in [2.75, 3.05) is 26.2 Å². The van der Waals surface area contributed by atoms with Crippen LogP contribution in [-0.2, 0) is 21.4 Å². The minimum absolute atomic E-state index is 0.00193. The number of tetrazole rings is 1. The predicted octanol–water partition coefficient (Wildman–Crippen LogP) is 0.302. The number of carbonyl (C=O) groups is 1. The van der Waals surface area contributed by atoms with Crippen LogP contribution in [0, 0.1) is 11.6 Å². The SMILES string of the molecule is O=C(Cn1nnn(-c2cccs2)c1=O)N1CCN(S(=O)(=O)c2c(F)cccc2F)CC1. The molecule has 1 aliphatic rings. The molecule has 10 nitrogen and oxygen atoms in total. The van der Waals surface area contributed by atoms with Gasteiger partial charge in [-0.1, -0.05) is 6.07 Å². The monoisotopic (exact) mass is 470 g/mol. The van der Waals surface area contributed by atoms with Crippen LogP contribution in [0.3, 0.4) is 0 Å². The number of rotatable bonds is 5. The number of carbonyl (C=O) groups excluding carboxylic acids is 1. The van der Waals surface area contributed by atoms with Gasteiger partial charge in [-0.05, 0) is 40.1 Å². The number of sulfonamides is 1. The maximum atomic E-state index is 13.9. The zero-order valence-electron chi connectivity index (χ0n) is 15.9. The van der Waals surface area contributed by atoms with Crippen molar-refractivity contribution in [3.63, 3.8) is 0 Å². The first-order chi connectivity index (χ1) is 14.8. The fourth-order valence-corrected chi connectivity index (χ4v) is 5.37. The lowest BCUT2D eigenvalue weighted by atomic mass is 10.3. The number of nitrogens with zero attached hydrogens (tertiary/aromatic N) is 6. The van der Waals surface area contributed by atoms with Crippen molar-refractivity contribution in [3.8, 4) is 5.00 Å². The second-order valence-electron chi connectivity index (χ2n) is 6.62. The van der Waals surface area contributed by atoms with E-state index in [2.05, 4.69) is 10.4 Å². The van der Waals surface area contributed by atoms with Gasteiger partial charge in [0.05, 0.1) is 0 Å². The van der Waals surface area contributed by atoms with Crippen LogP contribution in [0.4, 0.5) is 8.78 Å². The smallest absolute Gasteiger partial charge is 0.338 e. The second kappa shape index (κ2) is 8.28. The van der Waals surface area contributed by atoms with Crippen LogP contribution in [0.25, 0.3) is 5.00 Å². The van der Waals surface area contributed by atoms with Gasteiger partial charge in [-0.15, -0.1) is 11.3 Å². The molecular weight excluding hydrogens is 454 g/mol. The van der Waals surface area contributed by atoms with E-state index < -0.39 is 38.2 Å². The van der Waals surface area contributed by atoms with Gasteiger partial charge in [0.15, 0.2) is 4.90 Å². The van der Waals surface area contributed by atoms with E-state index in [0.29, 0.717) is 5.00 Å². The lowest BCUT2D eigenvalue weighted by Gasteiger charge is -2.34. The number of halogens is 2. The molecule has 4 rings (SSSR count). The van der Waals surface area contributed by atoms with Crippen LogP contribution in [0.2, 0.25) is 0 Å². The first-order valence-electron chi connectivity index (χ1n) is 9.07. The molecule has 1 amide bonds. The number of hydrogen-bond acceptors (Lipinski definition) is 7. The Morgan fingerprint density at radius 2 is 1.71 bits per heavy atom. The molecule has 1 fully saturated rings. The lowest BCUT2D eigenvalue weighted by Crippen LogP contribution is -2.51. The number of aromatic nitrogens is 4. The van der Waals surface area contributed by atoms with Crippen molar-refractivity contribution < 1.29 is 22.0 Å². The summed E-state index contributed by atoms with van der Waals surface area (Å²) in [6.07, 6.45) is 0. The van der Waals surface area contributed by atoms with Crippen molar-refractivity contribution >= 4 is 27.3 Å². The standard InChI is InChI=1S/C17H16F2N6O4S2/c18-12-3-1-4-13(19)16(12)31(28,29)23-8-6-22(7-9-23)14(26)11-24-17(27)25(21-20-24)15-5-2-10-30-15/h1-5,10H,6-9,11H2. The van der Waals surface area contributed by atoms with E-state index in [1.165, 1.54) is 16.2 Å². The third-order valence-corrected chi connectivity index (χ3v) is 7.54. The largest absolute Gasteiger partial charge is 0.369 e. The van der Waals surface area contributed by atoms with E-state index in [0.717, 1.165) is 31.9 Å². The molecular formula is C17H16F2N6O4S2. The third kappa shape index (κ3) is 4.00. The van der Waals surface area contributed by atoms with E-state index >= 15 is 0 Å². The summed E-state index contributed by atoms with van der Waals surface area (Å²) in [6, 6.07) is 6.26. The van der Waals surface area contributed by atoms with Gasteiger partial charge in [-0.2, -0.15) is 13.7 Å². The molecule has 14 heteroatoms.